The normalized spacial score (nSPS) is 12.5. The van der Waals surface area contributed by atoms with Gasteiger partial charge < -0.3 is 10.8 Å². The third-order valence-corrected chi connectivity index (χ3v) is 2.60. The van der Waals surface area contributed by atoms with Gasteiger partial charge in [-0.05, 0) is 25.1 Å². The number of hydrogen-bond acceptors (Lipinski definition) is 4. The summed E-state index contributed by atoms with van der Waals surface area (Å²) in [6.07, 6.45) is -1.01. The van der Waals surface area contributed by atoms with E-state index in [9.17, 15) is 13.9 Å². The van der Waals surface area contributed by atoms with Crippen LogP contribution in [0.3, 0.4) is 0 Å². The summed E-state index contributed by atoms with van der Waals surface area (Å²) >= 11 is 0. The van der Waals surface area contributed by atoms with Crippen molar-refractivity contribution in [3.63, 3.8) is 0 Å². The second kappa shape index (κ2) is 5.38. The van der Waals surface area contributed by atoms with Gasteiger partial charge in [-0.15, -0.1) is 0 Å². The third kappa shape index (κ3) is 2.91. The number of nitrogens with two attached hydrogens (primary N) is 1. The largest absolute Gasteiger partial charge is 0.384 e. The van der Waals surface area contributed by atoms with E-state index in [1.54, 1.807) is 13.0 Å². The summed E-state index contributed by atoms with van der Waals surface area (Å²) in [5.74, 6) is -1.25. The molecule has 3 N–H and O–H groups in total. The van der Waals surface area contributed by atoms with Gasteiger partial charge >= 0.3 is 0 Å². The molecule has 2 aromatic rings. The average Bonchev–Trinajstić information content (AvgIpc) is 2.37. The summed E-state index contributed by atoms with van der Waals surface area (Å²) in [5, 5.41) is 9.63. The number of benzene rings is 1. The molecule has 0 aliphatic heterocycles. The SMILES string of the molecule is Cc1cc(-c2ccc(F)cc2F)nc(C(O)CN)n1. The van der Waals surface area contributed by atoms with Gasteiger partial charge in [0.05, 0.1) is 5.69 Å². The van der Waals surface area contributed by atoms with Crippen LogP contribution in [0.1, 0.15) is 17.6 Å². The molecule has 0 saturated carbocycles. The number of halogens is 2. The van der Waals surface area contributed by atoms with E-state index in [-0.39, 0.29) is 23.6 Å². The van der Waals surface area contributed by atoms with Crippen molar-refractivity contribution in [3.05, 3.63) is 47.4 Å². The zero-order chi connectivity index (χ0) is 14.0. The van der Waals surface area contributed by atoms with E-state index in [1.807, 2.05) is 0 Å². The van der Waals surface area contributed by atoms with Crippen LogP contribution in [0, 0.1) is 18.6 Å². The first-order valence-electron chi connectivity index (χ1n) is 5.70. The van der Waals surface area contributed by atoms with Crippen LogP contribution in [0.5, 0.6) is 0 Å². The highest BCUT2D eigenvalue weighted by atomic mass is 19.1. The highest BCUT2D eigenvalue weighted by molar-refractivity contribution is 5.60. The van der Waals surface area contributed by atoms with Crippen molar-refractivity contribution in [1.82, 2.24) is 9.97 Å². The van der Waals surface area contributed by atoms with Crippen LogP contribution in [0.15, 0.2) is 24.3 Å². The van der Waals surface area contributed by atoms with E-state index in [2.05, 4.69) is 9.97 Å². The maximum atomic E-state index is 13.7. The Bertz CT molecular complexity index is 604. The van der Waals surface area contributed by atoms with Gasteiger partial charge in [-0.25, -0.2) is 18.7 Å². The molecule has 6 heteroatoms. The molecule has 100 valence electrons. The summed E-state index contributed by atoms with van der Waals surface area (Å²) in [6, 6.07) is 4.79. The molecule has 1 unspecified atom stereocenters. The molecule has 1 heterocycles. The first-order valence-corrected chi connectivity index (χ1v) is 5.70. The zero-order valence-corrected chi connectivity index (χ0v) is 10.3. The van der Waals surface area contributed by atoms with Crippen molar-refractivity contribution < 1.29 is 13.9 Å². The monoisotopic (exact) mass is 265 g/mol. The van der Waals surface area contributed by atoms with Crippen LogP contribution in [0.25, 0.3) is 11.3 Å². The lowest BCUT2D eigenvalue weighted by Crippen LogP contribution is -2.15. The Morgan fingerprint density at radius 1 is 1.26 bits per heavy atom. The number of hydrogen-bond donors (Lipinski definition) is 2. The molecule has 1 aromatic carbocycles. The van der Waals surface area contributed by atoms with E-state index in [4.69, 9.17) is 5.73 Å². The van der Waals surface area contributed by atoms with E-state index in [0.29, 0.717) is 5.69 Å². The Hall–Kier alpha value is -1.92. The number of nitrogens with zero attached hydrogens (tertiary/aromatic N) is 2. The minimum absolute atomic E-state index is 0.0329. The second-order valence-corrected chi connectivity index (χ2v) is 4.13. The molecule has 0 saturated heterocycles. The predicted octanol–water partition coefficient (Wildman–Crippen LogP) is 1.72. The minimum atomic E-state index is -1.01. The molecule has 1 aromatic heterocycles. The van der Waals surface area contributed by atoms with E-state index in [0.717, 1.165) is 12.1 Å². The van der Waals surface area contributed by atoms with Gasteiger partial charge in [0, 0.05) is 23.9 Å². The van der Waals surface area contributed by atoms with Crippen LogP contribution in [0.2, 0.25) is 0 Å². The first kappa shape index (κ1) is 13.5. The molecule has 0 aliphatic carbocycles. The Kier molecular flexibility index (Phi) is 3.82. The van der Waals surface area contributed by atoms with Gasteiger partial charge in [0.1, 0.15) is 17.7 Å². The van der Waals surface area contributed by atoms with Crippen LogP contribution in [-0.2, 0) is 0 Å². The van der Waals surface area contributed by atoms with E-state index < -0.39 is 17.7 Å². The van der Waals surface area contributed by atoms with E-state index >= 15 is 0 Å². The van der Waals surface area contributed by atoms with Crippen molar-refractivity contribution in [3.8, 4) is 11.3 Å². The van der Waals surface area contributed by atoms with Crippen LogP contribution < -0.4 is 5.73 Å². The third-order valence-electron chi connectivity index (χ3n) is 2.60. The summed E-state index contributed by atoms with van der Waals surface area (Å²) in [5.41, 5.74) is 6.34. The van der Waals surface area contributed by atoms with Crippen LogP contribution in [-0.4, -0.2) is 21.6 Å². The molecule has 1 atom stereocenters. The lowest BCUT2D eigenvalue weighted by molar-refractivity contribution is 0.176. The molecule has 0 aliphatic rings. The van der Waals surface area contributed by atoms with Crippen molar-refractivity contribution in [2.45, 2.75) is 13.0 Å². The fourth-order valence-electron chi connectivity index (χ4n) is 1.68. The summed E-state index contributed by atoms with van der Waals surface area (Å²) in [7, 11) is 0. The standard InChI is InChI=1S/C13H13F2N3O/c1-7-4-11(18-13(17-7)12(19)6-16)9-3-2-8(14)5-10(9)15/h2-5,12,19H,6,16H2,1H3. The van der Waals surface area contributed by atoms with Gasteiger partial charge in [0.2, 0.25) is 0 Å². The molecule has 19 heavy (non-hydrogen) atoms. The Morgan fingerprint density at radius 3 is 2.63 bits per heavy atom. The first-order chi connectivity index (χ1) is 9.01. The van der Waals surface area contributed by atoms with Gasteiger partial charge in [0.15, 0.2) is 5.82 Å². The maximum absolute atomic E-state index is 13.7. The molecule has 0 bridgehead atoms. The molecule has 4 nitrogen and oxygen atoms in total. The highest BCUT2D eigenvalue weighted by Crippen LogP contribution is 2.23. The number of aliphatic hydroxyl groups excluding tert-OH is 1. The Balaban J connectivity index is 2.53. The molecule has 0 fully saturated rings. The second-order valence-electron chi connectivity index (χ2n) is 4.13. The van der Waals surface area contributed by atoms with Crippen molar-refractivity contribution in [2.75, 3.05) is 6.54 Å². The zero-order valence-electron chi connectivity index (χ0n) is 10.3. The Morgan fingerprint density at radius 2 is 2.00 bits per heavy atom. The lowest BCUT2D eigenvalue weighted by Gasteiger charge is -2.10. The summed E-state index contributed by atoms with van der Waals surface area (Å²) in [4.78, 5) is 8.10. The number of aromatic nitrogens is 2. The molecular weight excluding hydrogens is 252 g/mol. The van der Waals surface area contributed by atoms with Gasteiger partial charge in [-0.2, -0.15) is 0 Å². The van der Waals surface area contributed by atoms with Crippen molar-refractivity contribution in [1.29, 1.82) is 0 Å². The molecule has 2 rings (SSSR count). The highest BCUT2D eigenvalue weighted by Gasteiger charge is 2.14. The van der Waals surface area contributed by atoms with Crippen molar-refractivity contribution >= 4 is 0 Å². The minimum Gasteiger partial charge on any atom is -0.384 e. The quantitative estimate of drug-likeness (QED) is 0.886. The number of aryl methyl sites for hydroxylation is 1. The predicted molar refractivity (Wildman–Crippen MR) is 66.1 cm³/mol. The maximum Gasteiger partial charge on any atom is 0.159 e. The molecule has 0 spiro atoms. The lowest BCUT2D eigenvalue weighted by atomic mass is 10.1. The molecule has 0 amide bonds. The number of aliphatic hydroxyl groups is 1. The van der Waals surface area contributed by atoms with Crippen molar-refractivity contribution in [2.24, 2.45) is 5.73 Å². The fraction of sp³-hybridized carbons (Fsp3) is 0.231. The van der Waals surface area contributed by atoms with E-state index in [1.165, 1.54) is 6.07 Å². The smallest absolute Gasteiger partial charge is 0.159 e. The summed E-state index contributed by atoms with van der Waals surface area (Å²) in [6.45, 7) is 1.66. The van der Waals surface area contributed by atoms with Gasteiger partial charge in [-0.3, -0.25) is 0 Å². The van der Waals surface area contributed by atoms with Gasteiger partial charge in [-0.1, -0.05) is 0 Å². The molecular formula is C13H13F2N3O. The average molecular weight is 265 g/mol. The van der Waals surface area contributed by atoms with Gasteiger partial charge in [0.25, 0.3) is 0 Å². The van der Waals surface area contributed by atoms with Crippen LogP contribution >= 0.6 is 0 Å². The Labute approximate surface area is 108 Å². The topological polar surface area (TPSA) is 72.0 Å². The molecule has 0 radical (unpaired) electrons. The van der Waals surface area contributed by atoms with Crippen LogP contribution in [0.4, 0.5) is 8.78 Å². The number of rotatable bonds is 3. The fourth-order valence-corrected chi connectivity index (χ4v) is 1.68. The summed E-state index contributed by atoms with van der Waals surface area (Å²) < 4.78 is 26.6.